The van der Waals surface area contributed by atoms with Crippen LogP contribution in [0.15, 0.2) is 53.4 Å². The Kier molecular flexibility index (Phi) is 6.49. The minimum atomic E-state index is -0.288. The van der Waals surface area contributed by atoms with Crippen molar-refractivity contribution in [3.05, 3.63) is 64.6 Å². The number of hydrogen-bond donors (Lipinski definition) is 1. The van der Waals surface area contributed by atoms with E-state index in [1.54, 1.807) is 12.1 Å². The van der Waals surface area contributed by atoms with Gasteiger partial charge in [-0.25, -0.2) is 0 Å². The van der Waals surface area contributed by atoms with Crippen molar-refractivity contribution in [2.24, 2.45) is 0 Å². The number of carbonyl (C=O) groups is 2. The van der Waals surface area contributed by atoms with E-state index in [0.29, 0.717) is 21.5 Å². The normalized spacial score (nSPS) is 15.2. The van der Waals surface area contributed by atoms with Crippen LogP contribution in [0.3, 0.4) is 0 Å². The van der Waals surface area contributed by atoms with E-state index >= 15 is 0 Å². The third-order valence-electron chi connectivity index (χ3n) is 3.97. The van der Waals surface area contributed by atoms with E-state index in [9.17, 15) is 9.59 Å². The molecule has 1 fully saturated rings. The SMILES string of the molecule is CCOc1ccc(C=C2SC(=S)N(CC(=O)Nc3cccc(C)c3)C2=O)cc1. The van der Waals surface area contributed by atoms with Gasteiger partial charge < -0.3 is 10.1 Å². The van der Waals surface area contributed by atoms with E-state index < -0.39 is 0 Å². The highest BCUT2D eigenvalue weighted by atomic mass is 32.2. The largest absolute Gasteiger partial charge is 0.494 e. The lowest BCUT2D eigenvalue weighted by Crippen LogP contribution is -2.36. The number of carbonyl (C=O) groups excluding carboxylic acids is 2. The molecule has 144 valence electrons. The summed E-state index contributed by atoms with van der Waals surface area (Å²) >= 11 is 6.50. The van der Waals surface area contributed by atoms with Crippen molar-refractivity contribution >= 4 is 51.9 Å². The van der Waals surface area contributed by atoms with Crippen LogP contribution in [0.25, 0.3) is 6.08 Å². The lowest BCUT2D eigenvalue weighted by Gasteiger charge is -2.14. The highest BCUT2D eigenvalue weighted by molar-refractivity contribution is 8.26. The first-order chi connectivity index (χ1) is 13.5. The van der Waals surface area contributed by atoms with E-state index in [2.05, 4.69) is 5.32 Å². The number of thioether (sulfide) groups is 1. The maximum absolute atomic E-state index is 12.7. The highest BCUT2D eigenvalue weighted by Gasteiger charge is 2.33. The maximum Gasteiger partial charge on any atom is 0.266 e. The first-order valence-corrected chi connectivity index (χ1v) is 10.0. The molecule has 2 amide bonds. The number of anilines is 1. The number of rotatable bonds is 6. The number of ether oxygens (including phenoxy) is 1. The molecule has 1 aliphatic rings. The number of amides is 2. The maximum atomic E-state index is 12.7. The van der Waals surface area contributed by atoms with Gasteiger partial charge in [-0.15, -0.1) is 0 Å². The molecule has 5 nitrogen and oxygen atoms in total. The van der Waals surface area contributed by atoms with Crippen LogP contribution in [-0.4, -0.2) is 34.2 Å². The zero-order chi connectivity index (χ0) is 20.1. The Labute approximate surface area is 173 Å². The molecule has 0 spiro atoms. The Morgan fingerprint density at radius 2 is 2.00 bits per heavy atom. The summed E-state index contributed by atoms with van der Waals surface area (Å²) in [5.74, 6) is 0.229. The Balaban J connectivity index is 1.66. The van der Waals surface area contributed by atoms with Crippen LogP contribution in [0.1, 0.15) is 18.1 Å². The number of benzene rings is 2. The number of aryl methyl sites for hydroxylation is 1. The minimum Gasteiger partial charge on any atom is -0.494 e. The van der Waals surface area contributed by atoms with Crippen LogP contribution in [0.5, 0.6) is 5.75 Å². The van der Waals surface area contributed by atoms with Crippen molar-refractivity contribution in [2.75, 3.05) is 18.5 Å². The summed E-state index contributed by atoms with van der Waals surface area (Å²) in [5, 5.41) is 2.80. The molecule has 28 heavy (non-hydrogen) atoms. The van der Waals surface area contributed by atoms with Gasteiger partial charge in [0, 0.05) is 5.69 Å². The number of thiocarbonyl (C=S) groups is 1. The van der Waals surface area contributed by atoms with E-state index in [-0.39, 0.29) is 18.4 Å². The number of nitrogens with zero attached hydrogens (tertiary/aromatic N) is 1. The average Bonchev–Trinajstić information content (AvgIpc) is 2.91. The van der Waals surface area contributed by atoms with E-state index in [0.717, 1.165) is 16.9 Å². The zero-order valence-electron chi connectivity index (χ0n) is 15.6. The molecule has 0 radical (unpaired) electrons. The molecule has 3 rings (SSSR count). The molecule has 0 bridgehead atoms. The number of nitrogens with one attached hydrogen (secondary N) is 1. The molecule has 0 aromatic heterocycles. The molecule has 1 aliphatic heterocycles. The standard InChI is InChI=1S/C21H20N2O3S2/c1-3-26-17-9-7-15(8-10-17)12-18-20(25)23(21(27)28-18)13-19(24)22-16-6-4-5-14(2)11-16/h4-12H,3,13H2,1-2H3,(H,22,24). The van der Waals surface area contributed by atoms with Gasteiger partial charge in [-0.1, -0.05) is 48.2 Å². The molecule has 7 heteroatoms. The summed E-state index contributed by atoms with van der Waals surface area (Å²) in [4.78, 5) is 26.8. The molecule has 0 atom stereocenters. The second kappa shape index (κ2) is 9.03. The van der Waals surface area contributed by atoms with Gasteiger partial charge >= 0.3 is 0 Å². The molecule has 0 aliphatic carbocycles. The Morgan fingerprint density at radius 3 is 2.68 bits per heavy atom. The van der Waals surface area contributed by atoms with Gasteiger partial charge in [0.2, 0.25) is 5.91 Å². The summed E-state index contributed by atoms with van der Waals surface area (Å²) in [6.07, 6.45) is 1.77. The van der Waals surface area contributed by atoms with Gasteiger partial charge in [-0.2, -0.15) is 0 Å². The molecule has 1 N–H and O–H groups in total. The van der Waals surface area contributed by atoms with Crippen molar-refractivity contribution in [3.8, 4) is 5.75 Å². The first-order valence-electron chi connectivity index (χ1n) is 8.81. The minimum absolute atomic E-state index is 0.112. The van der Waals surface area contributed by atoms with Crippen LogP contribution in [0.2, 0.25) is 0 Å². The highest BCUT2D eigenvalue weighted by Crippen LogP contribution is 2.32. The second-order valence-electron chi connectivity index (χ2n) is 6.19. The molecular weight excluding hydrogens is 392 g/mol. The summed E-state index contributed by atoms with van der Waals surface area (Å²) in [6, 6.07) is 14.9. The summed E-state index contributed by atoms with van der Waals surface area (Å²) in [6.45, 7) is 4.36. The van der Waals surface area contributed by atoms with Gasteiger partial charge in [-0.3, -0.25) is 14.5 Å². The average molecular weight is 413 g/mol. The van der Waals surface area contributed by atoms with Gasteiger partial charge in [-0.05, 0) is 55.3 Å². The van der Waals surface area contributed by atoms with Gasteiger partial charge in [0.05, 0.1) is 11.5 Å². The zero-order valence-corrected chi connectivity index (χ0v) is 17.2. The summed E-state index contributed by atoms with van der Waals surface area (Å²) in [7, 11) is 0. The van der Waals surface area contributed by atoms with Gasteiger partial charge in [0.1, 0.15) is 16.6 Å². The smallest absolute Gasteiger partial charge is 0.266 e. The third-order valence-corrected chi connectivity index (χ3v) is 5.34. The van der Waals surface area contributed by atoms with E-state index in [4.69, 9.17) is 17.0 Å². The van der Waals surface area contributed by atoms with Crippen molar-refractivity contribution < 1.29 is 14.3 Å². The molecule has 2 aromatic carbocycles. The predicted molar refractivity (Wildman–Crippen MR) is 117 cm³/mol. The third kappa shape index (κ3) is 4.99. The van der Waals surface area contributed by atoms with Gasteiger partial charge in [0.15, 0.2) is 0 Å². The monoisotopic (exact) mass is 412 g/mol. The fourth-order valence-electron chi connectivity index (χ4n) is 2.68. The Morgan fingerprint density at radius 1 is 1.25 bits per heavy atom. The lowest BCUT2D eigenvalue weighted by molar-refractivity contribution is -0.126. The van der Waals surface area contributed by atoms with E-state index in [1.807, 2.05) is 56.3 Å². The van der Waals surface area contributed by atoms with Crippen molar-refractivity contribution in [2.45, 2.75) is 13.8 Å². The van der Waals surface area contributed by atoms with E-state index in [1.165, 1.54) is 16.7 Å². The molecule has 2 aromatic rings. The second-order valence-corrected chi connectivity index (χ2v) is 7.86. The van der Waals surface area contributed by atoms with Crippen LogP contribution in [-0.2, 0) is 9.59 Å². The molecule has 0 saturated carbocycles. The Bertz CT molecular complexity index is 939. The first kappa shape index (κ1) is 20.1. The molecule has 1 heterocycles. The van der Waals surface area contributed by atoms with Crippen LogP contribution < -0.4 is 10.1 Å². The fraction of sp³-hybridized carbons (Fsp3) is 0.190. The van der Waals surface area contributed by atoms with Crippen molar-refractivity contribution in [1.29, 1.82) is 0 Å². The van der Waals surface area contributed by atoms with Crippen LogP contribution in [0, 0.1) is 6.92 Å². The fourth-order valence-corrected chi connectivity index (χ4v) is 3.94. The molecule has 0 unspecified atom stereocenters. The quantitative estimate of drug-likeness (QED) is 0.568. The summed E-state index contributed by atoms with van der Waals surface area (Å²) in [5.41, 5.74) is 2.61. The van der Waals surface area contributed by atoms with Crippen LogP contribution >= 0.6 is 24.0 Å². The van der Waals surface area contributed by atoms with Crippen molar-refractivity contribution in [1.82, 2.24) is 4.90 Å². The molecule has 1 saturated heterocycles. The van der Waals surface area contributed by atoms with Crippen LogP contribution in [0.4, 0.5) is 5.69 Å². The topological polar surface area (TPSA) is 58.6 Å². The number of hydrogen-bond acceptors (Lipinski definition) is 5. The van der Waals surface area contributed by atoms with Crippen molar-refractivity contribution in [3.63, 3.8) is 0 Å². The molecular formula is C21H20N2O3S2. The Hall–Kier alpha value is -2.64. The van der Waals surface area contributed by atoms with Gasteiger partial charge in [0.25, 0.3) is 5.91 Å². The lowest BCUT2D eigenvalue weighted by atomic mass is 10.2. The predicted octanol–water partition coefficient (Wildman–Crippen LogP) is 4.23. The summed E-state index contributed by atoms with van der Waals surface area (Å²) < 4.78 is 5.80.